The summed E-state index contributed by atoms with van der Waals surface area (Å²) in [4.78, 5) is 22.7. The summed E-state index contributed by atoms with van der Waals surface area (Å²) in [6.07, 6.45) is 0.371. The number of anilines is 1. The number of hydrogen-bond acceptors (Lipinski definition) is 3. The Morgan fingerprint density at radius 1 is 1.39 bits per heavy atom. The van der Waals surface area contributed by atoms with Gasteiger partial charge in [-0.15, -0.1) is 0 Å². The zero-order chi connectivity index (χ0) is 13.1. The van der Waals surface area contributed by atoms with E-state index in [1.54, 1.807) is 12.1 Å². The van der Waals surface area contributed by atoms with Crippen LogP contribution in [0.4, 0.5) is 5.69 Å². The normalized spacial score (nSPS) is 10.6. The lowest BCUT2D eigenvalue weighted by Gasteiger charge is -2.05. The molecule has 1 aromatic heterocycles. The van der Waals surface area contributed by atoms with E-state index in [1.165, 1.54) is 6.07 Å². The van der Waals surface area contributed by atoms with Gasteiger partial charge in [-0.25, -0.2) is 4.79 Å². The minimum Gasteiger partial charge on any atom is -0.423 e. The summed E-state index contributed by atoms with van der Waals surface area (Å²) in [7, 11) is 0. The smallest absolute Gasteiger partial charge is 0.336 e. The standard InChI is InChI=1S/C13H14N2O3/c1-8-6-13(17)18-11-7-9(2-3-10(8)11)15-12(16)4-5-14/h2-3,6-7H,4-5,14H2,1H3,(H,15,16)/p+1. The van der Waals surface area contributed by atoms with Crippen molar-refractivity contribution in [1.82, 2.24) is 0 Å². The lowest BCUT2D eigenvalue weighted by atomic mass is 10.1. The molecule has 4 N–H and O–H groups in total. The van der Waals surface area contributed by atoms with E-state index >= 15 is 0 Å². The summed E-state index contributed by atoms with van der Waals surface area (Å²) in [5, 5.41) is 3.60. The van der Waals surface area contributed by atoms with Crippen molar-refractivity contribution in [2.24, 2.45) is 0 Å². The van der Waals surface area contributed by atoms with Gasteiger partial charge in [-0.3, -0.25) is 4.79 Å². The molecule has 1 heterocycles. The molecule has 1 amide bonds. The van der Waals surface area contributed by atoms with E-state index < -0.39 is 0 Å². The van der Waals surface area contributed by atoms with Gasteiger partial charge in [0.05, 0.1) is 13.0 Å². The van der Waals surface area contributed by atoms with Gasteiger partial charge in [0.25, 0.3) is 0 Å². The predicted octanol–water partition coefficient (Wildman–Crippen LogP) is 0.672. The third kappa shape index (κ3) is 2.57. The molecule has 2 rings (SSSR count). The van der Waals surface area contributed by atoms with Crippen LogP contribution in [0, 0.1) is 6.92 Å². The lowest BCUT2D eigenvalue weighted by Crippen LogP contribution is -2.51. The fourth-order valence-corrected chi connectivity index (χ4v) is 1.79. The van der Waals surface area contributed by atoms with Gasteiger partial charge >= 0.3 is 5.63 Å². The molecule has 0 unspecified atom stereocenters. The highest BCUT2D eigenvalue weighted by Crippen LogP contribution is 2.20. The molecule has 0 fully saturated rings. The quantitative estimate of drug-likeness (QED) is 0.781. The number of amides is 1. The molecule has 0 aliphatic carbocycles. The fourth-order valence-electron chi connectivity index (χ4n) is 1.79. The monoisotopic (exact) mass is 247 g/mol. The third-order valence-corrected chi connectivity index (χ3v) is 2.64. The van der Waals surface area contributed by atoms with E-state index in [0.29, 0.717) is 24.2 Å². The van der Waals surface area contributed by atoms with Gasteiger partial charge < -0.3 is 15.5 Å². The van der Waals surface area contributed by atoms with Crippen LogP contribution < -0.4 is 16.7 Å². The molecule has 1 aromatic carbocycles. The Hall–Kier alpha value is -2.14. The summed E-state index contributed by atoms with van der Waals surface area (Å²) in [6, 6.07) is 6.72. The molecule has 94 valence electrons. The maximum atomic E-state index is 11.4. The molecular weight excluding hydrogens is 232 g/mol. The van der Waals surface area contributed by atoms with Crippen molar-refractivity contribution in [1.29, 1.82) is 0 Å². The summed E-state index contributed by atoms with van der Waals surface area (Å²) >= 11 is 0. The fraction of sp³-hybridized carbons (Fsp3) is 0.231. The molecule has 5 heteroatoms. The van der Waals surface area contributed by atoms with Crippen LogP contribution in [0.2, 0.25) is 0 Å². The summed E-state index contributed by atoms with van der Waals surface area (Å²) in [5.74, 6) is -0.0978. The van der Waals surface area contributed by atoms with Crippen LogP contribution in [0.5, 0.6) is 0 Å². The second-order valence-electron chi connectivity index (χ2n) is 4.11. The number of nitrogens with one attached hydrogen (secondary N) is 1. The third-order valence-electron chi connectivity index (χ3n) is 2.64. The van der Waals surface area contributed by atoms with E-state index in [1.807, 2.05) is 13.0 Å². The molecule has 2 aromatic rings. The first-order valence-corrected chi connectivity index (χ1v) is 5.74. The van der Waals surface area contributed by atoms with Gasteiger partial charge in [0, 0.05) is 23.2 Å². The van der Waals surface area contributed by atoms with E-state index in [0.717, 1.165) is 10.9 Å². The van der Waals surface area contributed by atoms with Gasteiger partial charge in [-0.05, 0) is 24.6 Å². The summed E-state index contributed by atoms with van der Waals surface area (Å²) in [6.45, 7) is 2.40. The SMILES string of the molecule is Cc1cc(=O)oc2cc(NC(=O)CC[NH3+])ccc12. The molecule has 0 atom stereocenters. The van der Waals surface area contributed by atoms with Crippen molar-refractivity contribution in [3.63, 3.8) is 0 Å². The first kappa shape index (κ1) is 12.3. The number of benzene rings is 1. The Kier molecular flexibility index (Phi) is 3.43. The van der Waals surface area contributed by atoms with E-state index in [2.05, 4.69) is 11.1 Å². The Morgan fingerprint density at radius 2 is 2.17 bits per heavy atom. The summed E-state index contributed by atoms with van der Waals surface area (Å²) < 4.78 is 5.11. The first-order chi connectivity index (χ1) is 8.60. The second-order valence-corrected chi connectivity index (χ2v) is 4.11. The highest BCUT2D eigenvalue weighted by atomic mass is 16.4. The number of carbonyl (C=O) groups excluding carboxylic acids is 1. The highest BCUT2D eigenvalue weighted by Gasteiger charge is 2.06. The van der Waals surface area contributed by atoms with Crippen LogP contribution >= 0.6 is 0 Å². The molecule has 0 saturated carbocycles. The maximum Gasteiger partial charge on any atom is 0.336 e. The largest absolute Gasteiger partial charge is 0.423 e. The molecule has 18 heavy (non-hydrogen) atoms. The molecule has 5 nitrogen and oxygen atoms in total. The lowest BCUT2D eigenvalue weighted by molar-refractivity contribution is -0.365. The maximum absolute atomic E-state index is 11.4. The first-order valence-electron chi connectivity index (χ1n) is 5.74. The second kappa shape index (κ2) is 5.01. The van der Waals surface area contributed by atoms with Crippen LogP contribution in [0.3, 0.4) is 0 Å². The van der Waals surface area contributed by atoms with Crippen LogP contribution in [0.25, 0.3) is 11.0 Å². The molecule has 0 radical (unpaired) electrons. The van der Waals surface area contributed by atoms with Crippen molar-refractivity contribution >= 4 is 22.6 Å². The number of rotatable bonds is 3. The summed E-state index contributed by atoms with van der Waals surface area (Å²) in [5.41, 5.74) is 5.19. The number of fused-ring (bicyclic) bond motifs is 1. The Bertz CT molecular complexity index is 646. The minimum absolute atomic E-state index is 0.0978. The van der Waals surface area contributed by atoms with Gasteiger partial charge in [0.1, 0.15) is 5.58 Å². The number of carbonyl (C=O) groups is 1. The van der Waals surface area contributed by atoms with Crippen molar-refractivity contribution in [3.8, 4) is 0 Å². The van der Waals surface area contributed by atoms with Gasteiger partial charge in [-0.2, -0.15) is 0 Å². The van der Waals surface area contributed by atoms with E-state index in [4.69, 9.17) is 4.42 Å². The van der Waals surface area contributed by atoms with E-state index in [-0.39, 0.29) is 11.5 Å². The Balaban J connectivity index is 2.38. The zero-order valence-corrected chi connectivity index (χ0v) is 10.2. The Labute approximate surface area is 104 Å². The van der Waals surface area contributed by atoms with Crippen LogP contribution in [-0.2, 0) is 4.79 Å². The van der Waals surface area contributed by atoms with E-state index in [9.17, 15) is 9.59 Å². The van der Waals surface area contributed by atoms with Crippen molar-refractivity contribution in [2.75, 3.05) is 11.9 Å². The molecule has 0 saturated heterocycles. The van der Waals surface area contributed by atoms with Crippen molar-refractivity contribution in [3.05, 3.63) is 40.2 Å². The number of aryl methyl sites for hydroxylation is 1. The minimum atomic E-state index is -0.388. The molecule has 0 aliphatic heterocycles. The van der Waals surface area contributed by atoms with Crippen molar-refractivity contribution in [2.45, 2.75) is 13.3 Å². The van der Waals surface area contributed by atoms with Gasteiger partial charge in [0.15, 0.2) is 0 Å². The zero-order valence-electron chi connectivity index (χ0n) is 10.2. The van der Waals surface area contributed by atoms with Crippen LogP contribution in [-0.4, -0.2) is 12.5 Å². The van der Waals surface area contributed by atoms with Crippen LogP contribution in [0.15, 0.2) is 33.5 Å². The average molecular weight is 247 g/mol. The Morgan fingerprint density at radius 3 is 2.89 bits per heavy atom. The van der Waals surface area contributed by atoms with Crippen LogP contribution in [0.1, 0.15) is 12.0 Å². The number of quaternary nitrogens is 1. The number of hydrogen-bond donors (Lipinski definition) is 2. The molecule has 0 bridgehead atoms. The predicted molar refractivity (Wildman–Crippen MR) is 68.2 cm³/mol. The van der Waals surface area contributed by atoms with Gasteiger partial charge in [0.2, 0.25) is 5.91 Å². The topological polar surface area (TPSA) is 87.0 Å². The molecular formula is C13H15N2O3+. The van der Waals surface area contributed by atoms with Gasteiger partial charge in [-0.1, -0.05) is 0 Å². The highest BCUT2D eigenvalue weighted by molar-refractivity contribution is 5.93. The molecule has 0 aliphatic rings. The molecule has 0 spiro atoms. The van der Waals surface area contributed by atoms with Crippen molar-refractivity contribution < 1.29 is 14.9 Å². The average Bonchev–Trinajstić information content (AvgIpc) is 2.28.